The third kappa shape index (κ3) is 3.77. The summed E-state index contributed by atoms with van der Waals surface area (Å²) in [5.41, 5.74) is 0.576. The molecule has 1 amide bonds. The van der Waals surface area contributed by atoms with Gasteiger partial charge in [0.15, 0.2) is 11.5 Å². The maximum absolute atomic E-state index is 12.6. The number of carbonyl (C=O) groups excluding carboxylic acids is 2. The van der Waals surface area contributed by atoms with Gasteiger partial charge in [0.1, 0.15) is 23.7 Å². The quantitative estimate of drug-likeness (QED) is 0.644. The first-order chi connectivity index (χ1) is 14.0. The molecule has 2 heterocycles. The molecule has 8 nitrogen and oxygen atoms in total. The van der Waals surface area contributed by atoms with Gasteiger partial charge in [0.2, 0.25) is 0 Å². The molecule has 2 aromatic carbocycles. The number of Topliss-reactive ketones (excluding diaryl/α,β-unsaturated/α-hetero) is 1. The van der Waals surface area contributed by atoms with E-state index in [1.807, 2.05) is 30.3 Å². The first-order valence-electron chi connectivity index (χ1n) is 9.10. The number of benzene rings is 2. The van der Waals surface area contributed by atoms with Gasteiger partial charge in [-0.05, 0) is 37.3 Å². The lowest BCUT2D eigenvalue weighted by molar-refractivity contribution is -0.127. The van der Waals surface area contributed by atoms with Crippen LogP contribution in [0.25, 0.3) is 10.8 Å². The lowest BCUT2D eigenvalue weighted by atomic mass is 10.0. The number of hydrogen-bond donors (Lipinski definition) is 1. The summed E-state index contributed by atoms with van der Waals surface area (Å²) in [5, 5.41) is 20.3. The monoisotopic (exact) mass is 390 g/mol. The molecule has 0 saturated heterocycles. The van der Waals surface area contributed by atoms with Gasteiger partial charge in [0.05, 0.1) is 6.54 Å². The summed E-state index contributed by atoms with van der Waals surface area (Å²) in [6, 6.07) is 14.6. The van der Waals surface area contributed by atoms with Gasteiger partial charge < -0.3 is 9.84 Å². The van der Waals surface area contributed by atoms with Gasteiger partial charge in [-0.25, -0.2) is 9.99 Å². The second kappa shape index (κ2) is 7.67. The third-order valence-corrected chi connectivity index (χ3v) is 4.60. The Labute approximate surface area is 166 Å². The van der Waals surface area contributed by atoms with Crippen LogP contribution in [0, 0.1) is 6.92 Å². The first kappa shape index (κ1) is 18.5. The standard InChI is InChI=1S/C21H18N4O4/c1-13-17-11-15(29-14-5-3-2-4-6-14)7-8-16(17)21(28)20(23-13)18(26)9-10-25-19(27)12-22-24-25/h2-8,11,28H,9-10,12H2,1H3. The van der Waals surface area contributed by atoms with Gasteiger partial charge in [-0.2, -0.15) is 5.11 Å². The van der Waals surface area contributed by atoms with Crippen LogP contribution < -0.4 is 4.74 Å². The number of aromatic nitrogens is 1. The number of fused-ring (bicyclic) bond motifs is 1. The van der Waals surface area contributed by atoms with E-state index < -0.39 is 0 Å². The zero-order valence-electron chi connectivity index (χ0n) is 15.7. The largest absolute Gasteiger partial charge is 0.505 e. The predicted octanol–water partition coefficient (Wildman–Crippen LogP) is 3.82. The van der Waals surface area contributed by atoms with E-state index in [2.05, 4.69) is 15.3 Å². The van der Waals surface area contributed by atoms with E-state index in [1.165, 1.54) is 0 Å². The second-order valence-corrected chi connectivity index (χ2v) is 6.60. The van der Waals surface area contributed by atoms with E-state index >= 15 is 0 Å². The Morgan fingerprint density at radius 1 is 1.14 bits per heavy atom. The fourth-order valence-corrected chi connectivity index (χ4v) is 3.12. The zero-order valence-corrected chi connectivity index (χ0v) is 15.7. The number of hydrogen-bond acceptors (Lipinski definition) is 7. The smallest absolute Gasteiger partial charge is 0.267 e. The highest BCUT2D eigenvalue weighted by Gasteiger charge is 2.22. The van der Waals surface area contributed by atoms with Crippen LogP contribution in [0.5, 0.6) is 17.2 Å². The molecule has 1 aliphatic rings. The van der Waals surface area contributed by atoms with Gasteiger partial charge in [0.25, 0.3) is 5.91 Å². The van der Waals surface area contributed by atoms with Crippen LogP contribution in [0.1, 0.15) is 22.6 Å². The van der Waals surface area contributed by atoms with Crippen LogP contribution >= 0.6 is 0 Å². The number of amides is 1. The summed E-state index contributed by atoms with van der Waals surface area (Å²) in [6.45, 7) is 1.87. The van der Waals surface area contributed by atoms with Gasteiger partial charge in [-0.3, -0.25) is 9.59 Å². The SMILES string of the molecule is Cc1nc(C(=O)CCN2N=NCC2=O)c(O)c2ccc(Oc3ccccc3)cc12. The van der Waals surface area contributed by atoms with Gasteiger partial charge in [-0.1, -0.05) is 23.4 Å². The number of ketones is 1. The third-order valence-electron chi connectivity index (χ3n) is 4.60. The highest BCUT2D eigenvalue weighted by molar-refractivity contribution is 6.03. The van der Waals surface area contributed by atoms with Crippen molar-refractivity contribution in [3.63, 3.8) is 0 Å². The molecule has 8 heteroatoms. The molecule has 0 spiro atoms. The van der Waals surface area contributed by atoms with Crippen LogP contribution in [0.3, 0.4) is 0 Å². The number of ether oxygens (including phenoxy) is 1. The summed E-state index contributed by atoms with van der Waals surface area (Å²) < 4.78 is 5.83. The summed E-state index contributed by atoms with van der Waals surface area (Å²) >= 11 is 0. The molecule has 3 aromatic rings. The molecule has 4 rings (SSSR count). The molecule has 146 valence electrons. The van der Waals surface area contributed by atoms with E-state index in [0.717, 1.165) is 5.01 Å². The molecule has 1 N–H and O–H groups in total. The van der Waals surface area contributed by atoms with Crippen molar-refractivity contribution in [3.05, 3.63) is 59.9 Å². The number of aromatic hydroxyl groups is 1. The number of carbonyl (C=O) groups is 2. The van der Waals surface area contributed by atoms with Crippen molar-refractivity contribution in [2.75, 3.05) is 13.1 Å². The van der Waals surface area contributed by atoms with E-state index in [9.17, 15) is 14.7 Å². The zero-order chi connectivity index (χ0) is 20.4. The molecule has 0 fully saturated rings. The van der Waals surface area contributed by atoms with Crippen LogP contribution in [0.4, 0.5) is 0 Å². The minimum absolute atomic E-state index is 0.000158. The van der Waals surface area contributed by atoms with Gasteiger partial charge in [0, 0.05) is 22.9 Å². The summed E-state index contributed by atoms with van der Waals surface area (Å²) in [5.74, 6) is 0.492. The second-order valence-electron chi connectivity index (χ2n) is 6.60. The lowest BCUT2D eigenvalue weighted by Gasteiger charge is -2.13. The normalized spacial score (nSPS) is 13.3. The summed E-state index contributed by atoms with van der Waals surface area (Å²) in [6.07, 6.45) is -0.00846. The van der Waals surface area contributed by atoms with Crippen molar-refractivity contribution in [2.24, 2.45) is 10.3 Å². The fourth-order valence-electron chi connectivity index (χ4n) is 3.12. The molecular formula is C21H18N4O4. The fraction of sp³-hybridized carbons (Fsp3) is 0.190. The van der Waals surface area contributed by atoms with Crippen molar-refractivity contribution in [3.8, 4) is 17.2 Å². The number of aryl methyl sites for hydroxylation is 1. The molecule has 0 aliphatic carbocycles. The molecule has 0 bridgehead atoms. The highest BCUT2D eigenvalue weighted by atomic mass is 16.5. The summed E-state index contributed by atoms with van der Waals surface area (Å²) in [7, 11) is 0. The van der Waals surface area contributed by atoms with E-state index in [4.69, 9.17) is 4.74 Å². The average molecular weight is 390 g/mol. The topological polar surface area (TPSA) is 104 Å². The Kier molecular flexibility index (Phi) is 4.90. The first-order valence-corrected chi connectivity index (χ1v) is 9.10. The van der Waals surface area contributed by atoms with Crippen molar-refractivity contribution in [2.45, 2.75) is 13.3 Å². The molecule has 29 heavy (non-hydrogen) atoms. The number of nitrogens with zero attached hydrogens (tertiary/aromatic N) is 4. The van der Waals surface area contributed by atoms with E-state index in [1.54, 1.807) is 25.1 Å². The van der Waals surface area contributed by atoms with Crippen molar-refractivity contribution >= 4 is 22.5 Å². The molecule has 1 aliphatic heterocycles. The Bertz CT molecular complexity index is 1130. The summed E-state index contributed by atoms with van der Waals surface area (Å²) in [4.78, 5) is 28.4. The van der Waals surface area contributed by atoms with Crippen LogP contribution in [-0.2, 0) is 4.79 Å². The number of pyridine rings is 1. The lowest BCUT2D eigenvalue weighted by Crippen LogP contribution is -2.25. The van der Waals surface area contributed by atoms with Crippen LogP contribution in [0.15, 0.2) is 58.9 Å². The molecular weight excluding hydrogens is 372 g/mol. The Balaban J connectivity index is 1.59. The maximum atomic E-state index is 12.6. The Hall–Kier alpha value is -3.81. The van der Waals surface area contributed by atoms with E-state index in [-0.39, 0.29) is 42.6 Å². The molecule has 0 radical (unpaired) electrons. The molecule has 0 atom stereocenters. The number of para-hydroxylation sites is 1. The number of rotatable bonds is 6. The highest BCUT2D eigenvalue weighted by Crippen LogP contribution is 2.34. The molecule has 1 aromatic heterocycles. The van der Waals surface area contributed by atoms with Crippen molar-refractivity contribution in [1.82, 2.24) is 9.99 Å². The minimum atomic E-state index is -0.369. The average Bonchev–Trinajstić information content (AvgIpc) is 3.14. The Morgan fingerprint density at radius 2 is 1.93 bits per heavy atom. The van der Waals surface area contributed by atoms with Crippen LogP contribution in [-0.4, -0.2) is 39.9 Å². The minimum Gasteiger partial charge on any atom is -0.505 e. The predicted molar refractivity (Wildman–Crippen MR) is 105 cm³/mol. The maximum Gasteiger partial charge on any atom is 0.267 e. The van der Waals surface area contributed by atoms with Crippen molar-refractivity contribution in [1.29, 1.82) is 0 Å². The molecule has 0 saturated carbocycles. The van der Waals surface area contributed by atoms with Gasteiger partial charge >= 0.3 is 0 Å². The van der Waals surface area contributed by atoms with Crippen molar-refractivity contribution < 1.29 is 19.4 Å². The van der Waals surface area contributed by atoms with Crippen LogP contribution in [0.2, 0.25) is 0 Å². The molecule has 0 unspecified atom stereocenters. The Morgan fingerprint density at radius 3 is 2.66 bits per heavy atom. The van der Waals surface area contributed by atoms with Gasteiger partial charge in [-0.15, -0.1) is 0 Å². The van der Waals surface area contributed by atoms with E-state index in [0.29, 0.717) is 28.0 Å².